The van der Waals surface area contributed by atoms with E-state index in [1.165, 1.54) is 0 Å². The van der Waals surface area contributed by atoms with E-state index in [1.54, 1.807) is 18.4 Å². The van der Waals surface area contributed by atoms with E-state index in [4.69, 9.17) is 9.26 Å². The maximum absolute atomic E-state index is 9.64. The van der Waals surface area contributed by atoms with Gasteiger partial charge >= 0.3 is 0 Å². The van der Waals surface area contributed by atoms with E-state index in [1.807, 2.05) is 24.6 Å². The fraction of sp³-hybridized carbons (Fsp3) is 0.571. The van der Waals surface area contributed by atoms with Gasteiger partial charge in [-0.15, -0.1) is 11.3 Å². The van der Waals surface area contributed by atoms with Crippen LogP contribution in [0.3, 0.4) is 0 Å². The van der Waals surface area contributed by atoms with Crippen LogP contribution < -0.4 is 0 Å². The van der Waals surface area contributed by atoms with Crippen molar-refractivity contribution in [3.63, 3.8) is 0 Å². The highest BCUT2D eigenvalue weighted by Gasteiger charge is 2.11. The van der Waals surface area contributed by atoms with Crippen LogP contribution in [-0.4, -0.2) is 60.1 Å². The van der Waals surface area contributed by atoms with Gasteiger partial charge in [0.15, 0.2) is 0 Å². The molecule has 0 aromatic carbocycles. The molecule has 0 aliphatic rings. The predicted octanol–water partition coefficient (Wildman–Crippen LogP) is 1.67. The molecule has 2 heterocycles. The first-order chi connectivity index (χ1) is 10.2. The molecule has 1 unspecified atom stereocenters. The van der Waals surface area contributed by atoms with Gasteiger partial charge in [0.05, 0.1) is 17.6 Å². The summed E-state index contributed by atoms with van der Waals surface area (Å²) in [6, 6.07) is 3.95. The molecule has 2 rings (SSSR count). The Morgan fingerprint density at radius 3 is 3.10 bits per heavy atom. The lowest BCUT2D eigenvalue weighted by atomic mass is 10.2. The Morgan fingerprint density at radius 2 is 2.38 bits per heavy atom. The second-order valence-corrected chi connectivity index (χ2v) is 5.91. The number of rotatable bonds is 9. The summed E-state index contributed by atoms with van der Waals surface area (Å²) < 4.78 is 10.2. The Balaban J connectivity index is 1.71. The number of methoxy groups -OCH3 is 1. The van der Waals surface area contributed by atoms with Crippen molar-refractivity contribution in [2.75, 3.05) is 33.9 Å². The number of ether oxygens (including phenoxy) is 1. The van der Waals surface area contributed by atoms with Gasteiger partial charge in [-0.1, -0.05) is 11.2 Å². The van der Waals surface area contributed by atoms with Crippen LogP contribution in [0.15, 0.2) is 22.0 Å². The maximum Gasteiger partial charge on any atom is 0.227 e. The summed E-state index contributed by atoms with van der Waals surface area (Å²) in [5.74, 6) is 1.31. The van der Waals surface area contributed by atoms with Crippen LogP contribution in [0.2, 0.25) is 0 Å². The minimum Gasteiger partial charge on any atom is -0.389 e. The molecular formula is C14H21N3O3S. The molecule has 116 valence electrons. The van der Waals surface area contributed by atoms with Crippen molar-refractivity contribution in [2.24, 2.45) is 0 Å². The molecule has 7 heteroatoms. The molecule has 0 spiro atoms. The van der Waals surface area contributed by atoms with Gasteiger partial charge in [0, 0.05) is 20.1 Å². The second kappa shape index (κ2) is 8.23. The number of hydrogen-bond donors (Lipinski definition) is 1. The van der Waals surface area contributed by atoms with Crippen molar-refractivity contribution in [3.05, 3.63) is 23.4 Å². The number of likely N-dealkylation sites (N-methyl/N-ethyl adjacent to an activating group) is 1. The van der Waals surface area contributed by atoms with Crippen LogP contribution in [0, 0.1) is 0 Å². The molecule has 0 saturated heterocycles. The highest BCUT2D eigenvalue weighted by Crippen LogP contribution is 2.21. The quantitative estimate of drug-likeness (QED) is 0.759. The van der Waals surface area contributed by atoms with Crippen LogP contribution in [0.1, 0.15) is 12.3 Å². The number of aryl methyl sites for hydroxylation is 1. The summed E-state index contributed by atoms with van der Waals surface area (Å²) in [5.41, 5.74) is 0. The van der Waals surface area contributed by atoms with Gasteiger partial charge in [0.1, 0.15) is 0 Å². The van der Waals surface area contributed by atoms with Crippen molar-refractivity contribution < 1.29 is 14.4 Å². The average molecular weight is 311 g/mol. The fourth-order valence-electron chi connectivity index (χ4n) is 2.06. The second-order valence-electron chi connectivity index (χ2n) is 4.96. The highest BCUT2D eigenvalue weighted by molar-refractivity contribution is 7.13. The third-order valence-electron chi connectivity index (χ3n) is 3.02. The average Bonchev–Trinajstić information content (AvgIpc) is 3.09. The van der Waals surface area contributed by atoms with Gasteiger partial charge in [-0.05, 0) is 31.5 Å². The van der Waals surface area contributed by atoms with Gasteiger partial charge < -0.3 is 19.3 Å². The van der Waals surface area contributed by atoms with Crippen LogP contribution in [0.4, 0.5) is 0 Å². The zero-order chi connectivity index (χ0) is 15.1. The van der Waals surface area contributed by atoms with Gasteiger partial charge in [0.25, 0.3) is 0 Å². The number of aliphatic hydroxyl groups excluding tert-OH is 1. The summed E-state index contributed by atoms with van der Waals surface area (Å²) in [7, 11) is 3.56. The zero-order valence-electron chi connectivity index (χ0n) is 12.4. The number of thiophene rings is 1. The van der Waals surface area contributed by atoms with Gasteiger partial charge in [0.2, 0.25) is 11.7 Å². The first-order valence-electron chi connectivity index (χ1n) is 6.91. The minimum atomic E-state index is -0.450. The Labute approximate surface area is 128 Å². The molecule has 2 aromatic heterocycles. The zero-order valence-corrected chi connectivity index (χ0v) is 13.2. The van der Waals surface area contributed by atoms with E-state index < -0.39 is 6.10 Å². The largest absolute Gasteiger partial charge is 0.389 e. The molecule has 0 amide bonds. The Kier molecular flexibility index (Phi) is 6.31. The summed E-state index contributed by atoms with van der Waals surface area (Å²) in [4.78, 5) is 7.47. The fourth-order valence-corrected chi connectivity index (χ4v) is 2.71. The van der Waals surface area contributed by atoms with Crippen molar-refractivity contribution >= 4 is 11.3 Å². The Hall–Kier alpha value is -1.28. The lowest BCUT2D eigenvalue weighted by molar-refractivity contribution is 0.0430. The van der Waals surface area contributed by atoms with Crippen LogP contribution >= 0.6 is 11.3 Å². The van der Waals surface area contributed by atoms with Gasteiger partial charge in [-0.25, -0.2) is 0 Å². The summed E-state index contributed by atoms with van der Waals surface area (Å²) in [5, 5.41) is 15.6. The van der Waals surface area contributed by atoms with E-state index in [0.29, 0.717) is 24.9 Å². The topological polar surface area (TPSA) is 71.6 Å². The van der Waals surface area contributed by atoms with Gasteiger partial charge in [-0.2, -0.15) is 4.98 Å². The first kappa shape index (κ1) is 16.1. The lowest BCUT2D eigenvalue weighted by Gasteiger charge is -2.19. The Bertz CT molecular complexity index is 515. The summed E-state index contributed by atoms with van der Waals surface area (Å²) in [6.45, 7) is 1.81. The normalized spacial score (nSPS) is 13.0. The van der Waals surface area contributed by atoms with Crippen LogP contribution in [-0.2, 0) is 11.2 Å². The molecule has 21 heavy (non-hydrogen) atoms. The molecule has 0 radical (unpaired) electrons. The standard InChI is InChI=1S/C14H21N3O3S/c1-17(9-11(18)10-19-2)7-3-6-13-15-14(16-20-13)12-5-4-8-21-12/h4-5,8,11,18H,3,6-7,9-10H2,1-2H3. The van der Waals surface area contributed by atoms with E-state index in [9.17, 15) is 5.11 Å². The SMILES string of the molecule is COCC(O)CN(C)CCCc1nc(-c2cccs2)no1. The Morgan fingerprint density at radius 1 is 1.52 bits per heavy atom. The molecule has 0 bridgehead atoms. The molecule has 6 nitrogen and oxygen atoms in total. The molecular weight excluding hydrogens is 290 g/mol. The molecule has 0 aliphatic heterocycles. The number of hydrogen-bond acceptors (Lipinski definition) is 7. The number of nitrogens with zero attached hydrogens (tertiary/aromatic N) is 3. The van der Waals surface area contributed by atoms with Crippen LogP contribution in [0.5, 0.6) is 0 Å². The maximum atomic E-state index is 9.64. The van der Waals surface area contributed by atoms with E-state index in [2.05, 4.69) is 15.0 Å². The van der Waals surface area contributed by atoms with Gasteiger partial charge in [-0.3, -0.25) is 0 Å². The van der Waals surface area contributed by atoms with Crippen LogP contribution in [0.25, 0.3) is 10.7 Å². The third-order valence-corrected chi connectivity index (χ3v) is 3.89. The number of aliphatic hydroxyl groups is 1. The van der Waals surface area contributed by atoms with E-state index in [-0.39, 0.29) is 0 Å². The van der Waals surface area contributed by atoms with Crippen molar-refractivity contribution in [1.29, 1.82) is 0 Å². The smallest absolute Gasteiger partial charge is 0.227 e. The summed E-state index contributed by atoms with van der Waals surface area (Å²) >= 11 is 1.60. The first-order valence-corrected chi connectivity index (χ1v) is 7.79. The van der Waals surface area contributed by atoms with E-state index in [0.717, 1.165) is 24.3 Å². The predicted molar refractivity (Wildman–Crippen MR) is 81.3 cm³/mol. The minimum absolute atomic E-state index is 0.359. The monoisotopic (exact) mass is 311 g/mol. The highest BCUT2D eigenvalue weighted by atomic mass is 32.1. The number of aromatic nitrogens is 2. The van der Waals surface area contributed by atoms with Crippen molar-refractivity contribution in [3.8, 4) is 10.7 Å². The van der Waals surface area contributed by atoms with Crippen molar-refractivity contribution in [1.82, 2.24) is 15.0 Å². The molecule has 1 atom stereocenters. The molecule has 0 saturated carbocycles. The molecule has 1 N–H and O–H groups in total. The lowest BCUT2D eigenvalue weighted by Crippen LogP contribution is -2.32. The third kappa shape index (κ3) is 5.20. The van der Waals surface area contributed by atoms with E-state index >= 15 is 0 Å². The van der Waals surface area contributed by atoms with Crippen molar-refractivity contribution in [2.45, 2.75) is 18.9 Å². The molecule has 0 aliphatic carbocycles. The summed E-state index contributed by atoms with van der Waals surface area (Å²) in [6.07, 6.45) is 1.19. The molecule has 0 fully saturated rings. The molecule has 2 aromatic rings.